The second-order valence-corrected chi connectivity index (χ2v) is 8.25. The van der Waals surface area contributed by atoms with Crippen molar-refractivity contribution in [1.82, 2.24) is 29.5 Å². The maximum absolute atomic E-state index is 13.0. The average molecular weight is 429 g/mol. The Balaban J connectivity index is 1.72. The molecule has 0 aliphatic heterocycles. The fourth-order valence-electron chi connectivity index (χ4n) is 2.98. The highest BCUT2D eigenvalue weighted by Gasteiger charge is 2.23. The molecule has 0 amide bonds. The van der Waals surface area contributed by atoms with Gasteiger partial charge in [-0.25, -0.2) is 23.1 Å². The van der Waals surface area contributed by atoms with Gasteiger partial charge >= 0.3 is 0 Å². The maximum Gasteiger partial charge on any atom is 0.265 e. The van der Waals surface area contributed by atoms with Crippen LogP contribution in [0.2, 0.25) is 0 Å². The number of fused-ring (bicyclic) bond motifs is 1. The van der Waals surface area contributed by atoms with Crippen LogP contribution in [0.4, 0.5) is 5.69 Å². The van der Waals surface area contributed by atoms with Gasteiger partial charge in [-0.3, -0.25) is 9.40 Å². The SMILES string of the molecule is COc1ncc2cnn(C)c2c1NS(=O)(=O)c1cnn(-c2cc(C(C)O)ccn2)c1. The standard InChI is InChI=1S/C18H19N7O4S/c1-11(26)12-4-5-19-15(6-12)25-10-14(9-22-25)30(27,28)23-16-17-13(8-21-24(17)2)7-20-18(16)29-3/h4-11,23,26H,1-3H3. The summed E-state index contributed by atoms with van der Waals surface area (Å²) in [7, 11) is -0.920. The molecule has 0 aliphatic carbocycles. The molecule has 4 aromatic rings. The number of aliphatic hydroxyl groups excluding tert-OH is 1. The molecular formula is C18H19N7O4S. The lowest BCUT2D eigenvalue weighted by atomic mass is 10.2. The monoisotopic (exact) mass is 429 g/mol. The number of methoxy groups -OCH3 is 1. The molecule has 0 aromatic carbocycles. The lowest BCUT2D eigenvalue weighted by Gasteiger charge is -2.12. The van der Waals surface area contributed by atoms with Gasteiger partial charge in [0, 0.05) is 24.8 Å². The first kappa shape index (κ1) is 19.8. The van der Waals surface area contributed by atoms with Gasteiger partial charge < -0.3 is 9.84 Å². The number of sulfonamides is 1. The molecule has 11 nitrogen and oxygen atoms in total. The Bertz CT molecular complexity index is 1330. The molecule has 0 fully saturated rings. The van der Waals surface area contributed by atoms with Crippen LogP contribution in [0.5, 0.6) is 5.88 Å². The number of aryl methyl sites for hydroxylation is 1. The van der Waals surface area contributed by atoms with Gasteiger partial charge in [0.25, 0.3) is 10.0 Å². The number of rotatable bonds is 6. The van der Waals surface area contributed by atoms with E-state index in [1.54, 1.807) is 38.5 Å². The molecule has 0 saturated heterocycles. The second kappa shape index (κ2) is 7.39. The minimum atomic E-state index is -4.02. The van der Waals surface area contributed by atoms with E-state index < -0.39 is 16.1 Å². The number of nitrogens with zero attached hydrogens (tertiary/aromatic N) is 6. The number of pyridine rings is 2. The molecule has 1 atom stereocenters. The van der Waals surface area contributed by atoms with Crippen LogP contribution in [-0.2, 0) is 17.1 Å². The summed E-state index contributed by atoms with van der Waals surface area (Å²) in [6, 6.07) is 3.30. The van der Waals surface area contributed by atoms with Crippen LogP contribution in [0.15, 0.2) is 48.0 Å². The van der Waals surface area contributed by atoms with E-state index in [2.05, 4.69) is 24.9 Å². The van der Waals surface area contributed by atoms with E-state index >= 15 is 0 Å². The van der Waals surface area contributed by atoms with E-state index in [9.17, 15) is 13.5 Å². The Morgan fingerprint density at radius 2 is 2.00 bits per heavy atom. The number of anilines is 1. The summed E-state index contributed by atoms with van der Waals surface area (Å²) in [6.07, 6.45) is 6.51. The summed E-state index contributed by atoms with van der Waals surface area (Å²) in [5, 5.41) is 18.6. The van der Waals surface area contributed by atoms with Gasteiger partial charge in [0.1, 0.15) is 10.6 Å². The van der Waals surface area contributed by atoms with Gasteiger partial charge in [-0.15, -0.1) is 0 Å². The van der Waals surface area contributed by atoms with Crippen LogP contribution in [0.25, 0.3) is 16.7 Å². The molecule has 1 unspecified atom stereocenters. The van der Waals surface area contributed by atoms with Crippen LogP contribution >= 0.6 is 0 Å². The Kier molecular flexibility index (Phi) is 4.87. The van der Waals surface area contributed by atoms with Crippen molar-refractivity contribution in [2.45, 2.75) is 17.9 Å². The Morgan fingerprint density at radius 1 is 1.20 bits per heavy atom. The molecule has 4 aromatic heterocycles. The molecule has 0 aliphatic rings. The van der Waals surface area contributed by atoms with Crippen molar-refractivity contribution >= 4 is 26.6 Å². The van der Waals surface area contributed by atoms with Crippen molar-refractivity contribution in [3.63, 3.8) is 0 Å². The smallest absolute Gasteiger partial charge is 0.265 e. The molecule has 0 radical (unpaired) electrons. The van der Waals surface area contributed by atoms with Crippen molar-refractivity contribution in [3.8, 4) is 11.7 Å². The first-order valence-electron chi connectivity index (χ1n) is 8.86. The van der Waals surface area contributed by atoms with Crippen molar-refractivity contribution in [1.29, 1.82) is 0 Å². The van der Waals surface area contributed by atoms with Crippen LogP contribution in [-0.4, -0.2) is 50.2 Å². The lowest BCUT2D eigenvalue weighted by Crippen LogP contribution is -2.14. The summed E-state index contributed by atoms with van der Waals surface area (Å²) in [4.78, 5) is 8.24. The van der Waals surface area contributed by atoms with Crippen LogP contribution < -0.4 is 9.46 Å². The normalized spacial score (nSPS) is 12.8. The highest BCUT2D eigenvalue weighted by molar-refractivity contribution is 7.92. The van der Waals surface area contributed by atoms with E-state index in [-0.39, 0.29) is 16.5 Å². The fraction of sp³-hybridized carbons (Fsp3) is 0.222. The van der Waals surface area contributed by atoms with Gasteiger partial charge in [0.2, 0.25) is 5.88 Å². The number of aliphatic hydroxyl groups is 1. The third kappa shape index (κ3) is 3.46. The predicted octanol–water partition coefficient (Wildman–Crippen LogP) is 1.41. The Morgan fingerprint density at radius 3 is 2.73 bits per heavy atom. The van der Waals surface area contributed by atoms with E-state index in [4.69, 9.17) is 4.74 Å². The van der Waals surface area contributed by atoms with E-state index in [1.165, 1.54) is 35.1 Å². The number of hydrogen-bond acceptors (Lipinski definition) is 8. The van der Waals surface area contributed by atoms with Crippen LogP contribution in [0.3, 0.4) is 0 Å². The van der Waals surface area contributed by atoms with Gasteiger partial charge in [-0.1, -0.05) is 0 Å². The molecule has 0 saturated carbocycles. The zero-order valence-electron chi connectivity index (χ0n) is 16.4. The zero-order chi connectivity index (χ0) is 21.5. The van der Waals surface area contributed by atoms with Gasteiger partial charge in [0.05, 0.1) is 37.3 Å². The molecule has 0 bridgehead atoms. The molecule has 2 N–H and O–H groups in total. The second-order valence-electron chi connectivity index (χ2n) is 6.56. The van der Waals surface area contributed by atoms with Crippen molar-refractivity contribution < 1.29 is 18.3 Å². The van der Waals surface area contributed by atoms with Gasteiger partial charge in [-0.2, -0.15) is 10.2 Å². The Hall–Kier alpha value is -3.51. The van der Waals surface area contributed by atoms with E-state index in [0.29, 0.717) is 22.3 Å². The average Bonchev–Trinajstić information content (AvgIpc) is 3.36. The third-order valence-electron chi connectivity index (χ3n) is 4.52. The minimum Gasteiger partial charge on any atom is -0.479 e. The number of aromatic nitrogens is 6. The largest absolute Gasteiger partial charge is 0.479 e. The molecule has 30 heavy (non-hydrogen) atoms. The minimum absolute atomic E-state index is 0.0759. The van der Waals surface area contributed by atoms with Gasteiger partial charge in [0.15, 0.2) is 5.82 Å². The van der Waals surface area contributed by atoms with Crippen molar-refractivity contribution in [2.24, 2.45) is 7.05 Å². The molecule has 4 rings (SSSR count). The van der Waals surface area contributed by atoms with Crippen LogP contribution in [0, 0.1) is 0 Å². The predicted molar refractivity (Wildman–Crippen MR) is 108 cm³/mol. The molecule has 4 heterocycles. The fourth-order valence-corrected chi connectivity index (χ4v) is 3.97. The molecule has 12 heteroatoms. The summed E-state index contributed by atoms with van der Waals surface area (Å²) >= 11 is 0. The molecular weight excluding hydrogens is 410 g/mol. The lowest BCUT2D eigenvalue weighted by molar-refractivity contribution is 0.199. The summed E-state index contributed by atoms with van der Waals surface area (Å²) in [5.41, 5.74) is 1.35. The number of nitrogens with one attached hydrogen (secondary N) is 1. The van der Waals surface area contributed by atoms with E-state index in [1.807, 2.05) is 0 Å². The van der Waals surface area contributed by atoms with Crippen LogP contribution in [0.1, 0.15) is 18.6 Å². The first-order chi connectivity index (χ1) is 14.3. The van der Waals surface area contributed by atoms with E-state index in [0.717, 1.165) is 0 Å². The number of ether oxygens (including phenoxy) is 1. The van der Waals surface area contributed by atoms with Crippen molar-refractivity contribution in [2.75, 3.05) is 11.8 Å². The topological polar surface area (TPSA) is 137 Å². The Labute approximate surface area is 172 Å². The number of hydrogen-bond donors (Lipinski definition) is 2. The highest BCUT2D eigenvalue weighted by Crippen LogP contribution is 2.32. The summed E-state index contributed by atoms with van der Waals surface area (Å²) in [6.45, 7) is 1.63. The van der Waals surface area contributed by atoms with Gasteiger partial charge in [-0.05, 0) is 24.6 Å². The molecule has 0 spiro atoms. The highest BCUT2D eigenvalue weighted by atomic mass is 32.2. The first-order valence-corrected chi connectivity index (χ1v) is 10.3. The maximum atomic E-state index is 13.0. The molecule has 156 valence electrons. The van der Waals surface area contributed by atoms with Crippen molar-refractivity contribution in [3.05, 3.63) is 48.7 Å². The zero-order valence-corrected chi connectivity index (χ0v) is 17.2. The summed E-state index contributed by atoms with van der Waals surface area (Å²) in [5.74, 6) is 0.496. The summed E-state index contributed by atoms with van der Waals surface area (Å²) < 4.78 is 36.7. The quantitative estimate of drug-likeness (QED) is 0.469. The third-order valence-corrected chi connectivity index (χ3v) is 5.83.